The van der Waals surface area contributed by atoms with Crippen molar-refractivity contribution >= 4 is 23.2 Å². The van der Waals surface area contributed by atoms with Crippen LogP contribution in [0.15, 0.2) is 47.0 Å². The molecule has 1 N–H and O–H groups in total. The van der Waals surface area contributed by atoms with Crippen molar-refractivity contribution in [2.24, 2.45) is 0 Å². The molecule has 0 radical (unpaired) electrons. The maximum absolute atomic E-state index is 9.50. The zero-order valence-corrected chi connectivity index (χ0v) is 11.6. The Bertz CT molecular complexity index is 771. The van der Waals surface area contributed by atoms with Crippen molar-refractivity contribution in [3.63, 3.8) is 0 Å². The lowest BCUT2D eigenvalue weighted by molar-refractivity contribution is 0.431. The van der Waals surface area contributed by atoms with E-state index in [4.69, 9.17) is 27.7 Å². The number of aromatic hydroxyl groups is 1. The molecule has 0 saturated heterocycles. The second-order valence-electron chi connectivity index (χ2n) is 4.07. The number of phenolic OH excluding ortho intramolecular Hbond substituents is 1. The van der Waals surface area contributed by atoms with Gasteiger partial charge in [0.05, 0.1) is 15.6 Å². The van der Waals surface area contributed by atoms with Crippen LogP contribution in [-0.4, -0.2) is 15.2 Å². The monoisotopic (exact) mass is 306 g/mol. The Hall–Kier alpha value is -2.04. The van der Waals surface area contributed by atoms with E-state index < -0.39 is 0 Å². The summed E-state index contributed by atoms with van der Waals surface area (Å²) >= 11 is 12.1. The van der Waals surface area contributed by atoms with Crippen molar-refractivity contribution in [3.05, 3.63) is 52.5 Å². The zero-order chi connectivity index (χ0) is 14.1. The molecule has 3 rings (SSSR count). The van der Waals surface area contributed by atoms with E-state index in [2.05, 4.69) is 10.1 Å². The first kappa shape index (κ1) is 13.0. The van der Waals surface area contributed by atoms with Gasteiger partial charge in [-0.2, -0.15) is 4.98 Å². The quantitative estimate of drug-likeness (QED) is 0.761. The van der Waals surface area contributed by atoms with Crippen LogP contribution in [-0.2, 0) is 0 Å². The summed E-state index contributed by atoms with van der Waals surface area (Å²) in [6, 6.07) is 11.7. The van der Waals surface area contributed by atoms with Crippen LogP contribution in [0.5, 0.6) is 5.75 Å². The molecule has 20 heavy (non-hydrogen) atoms. The molecule has 6 heteroatoms. The first-order chi connectivity index (χ1) is 9.65. The SMILES string of the molecule is Oc1ccc(Cl)c(-c2nc(-c3ccccc3Cl)no2)c1. The highest BCUT2D eigenvalue weighted by Crippen LogP contribution is 2.32. The molecule has 0 amide bonds. The average molecular weight is 307 g/mol. The van der Waals surface area contributed by atoms with Crippen molar-refractivity contribution in [1.29, 1.82) is 0 Å². The van der Waals surface area contributed by atoms with Gasteiger partial charge in [0.1, 0.15) is 5.75 Å². The number of hydrogen-bond acceptors (Lipinski definition) is 4. The Morgan fingerprint density at radius 2 is 1.70 bits per heavy atom. The third-order valence-corrected chi connectivity index (χ3v) is 3.38. The number of hydrogen-bond donors (Lipinski definition) is 1. The first-order valence-electron chi connectivity index (χ1n) is 5.72. The van der Waals surface area contributed by atoms with Crippen LogP contribution in [0.2, 0.25) is 10.0 Å². The van der Waals surface area contributed by atoms with E-state index in [1.165, 1.54) is 12.1 Å². The van der Waals surface area contributed by atoms with E-state index in [1.54, 1.807) is 18.2 Å². The lowest BCUT2D eigenvalue weighted by Gasteiger charge is -1.99. The number of nitrogens with zero attached hydrogens (tertiary/aromatic N) is 2. The highest BCUT2D eigenvalue weighted by molar-refractivity contribution is 6.33. The molecule has 3 aromatic rings. The smallest absolute Gasteiger partial charge is 0.259 e. The third-order valence-electron chi connectivity index (χ3n) is 2.72. The number of phenols is 1. The van der Waals surface area contributed by atoms with Crippen molar-refractivity contribution in [3.8, 4) is 28.6 Å². The normalized spacial score (nSPS) is 10.7. The number of aromatic nitrogens is 2. The number of rotatable bonds is 2. The van der Waals surface area contributed by atoms with E-state index in [-0.39, 0.29) is 11.6 Å². The van der Waals surface area contributed by atoms with Gasteiger partial charge in [-0.15, -0.1) is 0 Å². The Morgan fingerprint density at radius 1 is 0.950 bits per heavy atom. The molecule has 0 unspecified atom stereocenters. The van der Waals surface area contributed by atoms with Crippen LogP contribution >= 0.6 is 23.2 Å². The van der Waals surface area contributed by atoms with Crippen LogP contribution in [0.3, 0.4) is 0 Å². The van der Waals surface area contributed by atoms with Gasteiger partial charge in [-0.3, -0.25) is 0 Å². The Kier molecular flexibility index (Phi) is 3.34. The third kappa shape index (κ3) is 2.35. The molecule has 4 nitrogen and oxygen atoms in total. The summed E-state index contributed by atoms with van der Waals surface area (Å²) in [4.78, 5) is 4.26. The van der Waals surface area contributed by atoms with E-state index in [9.17, 15) is 5.11 Å². The van der Waals surface area contributed by atoms with Crippen LogP contribution in [0.25, 0.3) is 22.8 Å². The molecule has 0 aliphatic carbocycles. The van der Waals surface area contributed by atoms with Gasteiger partial charge in [0.2, 0.25) is 5.82 Å². The Labute approximate surface area is 124 Å². The van der Waals surface area contributed by atoms with Crippen molar-refractivity contribution in [1.82, 2.24) is 10.1 Å². The highest BCUT2D eigenvalue weighted by Gasteiger charge is 2.15. The molecule has 0 bridgehead atoms. The molecule has 1 aromatic heterocycles. The van der Waals surface area contributed by atoms with E-state index in [0.717, 1.165) is 0 Å². The molecule has 1 heterocycles. The van der Waals surface area contributed by atoms with Gasteiger partial charge in [0.25, 0.3) is 5.89 Å². The molecular formula is C14H8Cl2N2O2. The summed E-state index contributed by atoms with van der Waals surface area (Å²) in [5.74, 6) is 0.660. The predicted molar refractivity (Wildman–Crippen MR) is 76.9 cm³/mol. The molecule has 2 aromatic carbocycles. The fraction of sp³-hybridized carbons (Fsp3) is 0. The Morgan fingerprint density at radius 3 is 2.50 bits per heavy atom. The number of benzene rings is 2. The van der Waals surface area contributed by atoms with E-state index in [1.807, 2.05) is 12.1 Å². The second-order valence-corrected chi connectivity index (χ2v) is 4.88. The topological polar surface area (TPSA) is 59.2 Å². The largest absolute Gasteiger partial charge is 0.508 e. The standard InChI is InChI=1S/C14H8Cl2N2O2/c15-11-4-2-1-3-9(11)13-17-14(20-18-13)10-7-8(19)5-6-12(10)16/h1-7,19H. The van der Waals surface area contributed by atoms with Gasteiger partial charge < -0.3 is 9.63 Å². The van der Waals surface area contributed by atoms with Crippen LogP contribution in [0, 0.1) is 0 Å². The van der Waals surface area contributed by atoms with Crippen LogP contribution in [0.1, 0.15) is 0 Å². The summed E-state index contributed by atoms with van der Waals surface area (Å²) in [6.45, 7) is 0. The minimum Gasteiger partial charge on any atom is -0.508 e. The van der Waals surface area contributed by atoms with E-state index >= 15 is 0 Å². The van der Waals surface area contributed by atoms with Crippen LogP contribution < -0.4 is 0 Å². The van der Waals surface area contributed by atoms with Crippen LogP contribution in [0.4, 0.5) is 0 Å². The predicted octanol–water partition coefficient (Wildman–Crippen LogP) is 4.42. The minimum atomic E-state index is 0.0712. The van der Waals surface area contributed by atoms with Gasteiger partial charge in [0, 0.05) is 5.56 Å². The fourth-order valence-corrected chi connectivity index (χ4v) is 2.18. The first-order valence-corrected chi connectivity index (χ1v) is 6.48. The maximum atomic E-state index is 9.50. The maximum Gasteiger partial charge on any atom is 0.259 e. The number of halogens is 2. The average Bonchev–Trinajstić information content (AvgIpc) is 2.91. The van der Waals surface area contributed by atoms with Gasteiger partial charge in [0.15, 0.2) is 0 Å². The molecule has 100 valence electrons. The summed E-state index contributed by atoms with van der Waals surface area (Å²) in [5, 5.41) is 14.3. The molecule has 0 saturated carbocycles. The summed E-state index contributed by atoms with van der Waals surface area (Å²) in [7, 11) is 0. The lowest BCUT2D eigenvalue weighted by atomic mass is 10.2. The molecular weight excluding hydrogens is 299 g/mol. The summed E-state index contributed by atoms with van der Waals surface area (Å²) < 4.78 is 5.18. The summed E-state index contributed by atoms with van der Waals surface area (Å²) in [5.41, 5.74) is 1.14. The Balaban J connectivity index is 2.07. The van der Waals surface area contributed by atoms with Gasteiger partial charge >= 0.3 is 0 Å². The van der Waals surface area contributed by atoms with Gasteiger partial charge in [-0.1, -0.05) is 40.5 Å². The zero-order valence-electron chi connectivity index (χ0n) is 10.0. The minimum absolute atomic E-state index is 0.0712. The van der Waals surface area contributed by atoms with Crippen molar-refractivity contribution < 1.29 is 9.63 Å². The molecule has 0 aliphatic heterocycles. The molecule has 0 fully saturated rings. The van der Waals surface area contributed by atoms with Crippen molar-refractivity contribution in [2.45, 2.75) is 0 Å². The molecule has 0 atom stereocenters. The van der Waals surface area contributed by atoms with Crippen molar-refractivity contribution in [2.75, 3.05) is 0 Å². The molecule has 0 aliphatic rings. The van der Waals surface area contributed by atoms with Gasteiger partial charge in [-0.25, -0.2) is 0 Å². The molecule has 0 spiro atoms. The lowest BCUT2D eigenvalue weighted by Crippen LogP contribution is -1.83. The second kappa shape index (κ2) is 5.15. The fourth-order valence-electron chi connectivity index (χ4n) is 1.76. The van der Waals surface area contributed by atoms with Gasteiger partial charge in [-0.05, 0) is 30.3 Å². The summed E-state index contributed by atoms with van der Waals surface area (Å²) in [6.07, 6.45) is 0. The highest BCUT2D eigenvalue weighted by atomic mass is 35.5. The van der Waals surface area contributed by atoms with E-state index in [0.29, 0.717) is 27.0 Å².